The summed E-state index contributed by atoms with van der Waals surface area (Å²) in [6.45, 7) is 4.97. The molecule has 0 aliphatic carbocycles. The molecular formula is C50H37BN2Si. The molecule has 3 aliphatic rings. The summed E-state index contributed by atoms with van der Waals surface area (Å²) in [5.74, 6) is 0. The summed E-state index contributed by atoms with van der Waals surface area (Å²) >= 11 is 0. The molecule has 0 bridgehead atoms. The fourth-order valence-electron chi connectivity index (χ4n) is 9.74. The van der Waals surface area contributed by atoms with Crippen molar-refractivity contribution in [1.82, 2.24) is 0 Å². The van der Waals surface area contributed by atoms with Crippen LogP contribution in [0, 0.1) is 6.92 Å². The average molecular weight is 705 g/mol. The molecular weight excluding hydrogens is 667 g/mol. The molecule has 0 radical (unpaired) electrons. The number of hydrogen-bond acceptors (Lipinski definition) is 2. The SMILES string of the molecule is Cc1cc2c3c(c1)N(c1ccc(-c4ccccc4)cc1)c1cccc4c1B3c1c(cccc1[Si]4(C)c1ccccc1)N2c1ccc(-c2ccccc2)cc1. The van der Waals surface area contributed by atoms with E-state index in [9.17, 15) is 0 Å². The third-order valence-corrected chi connectivity index (χ3v) is 16.7. The highest BCUT2D eigenvalue weighted by Crippen LogP contribution is 2.45. The lowest BCUT2D eigenvalue weighted by molar-refractivity contribution is 1.24. The van der Waals surface area contributed by atoms with Gasteiger partial charge in [-0.1, -0.05) is 156 Å². The number of anilines is 6. The van der Waals surface area contributed by atoms with Gasteiger partial charge >= 0.3 is 0 Å². The van der Waals surface area contributed by atoms with Gasteiger partial charge in [-0.05, 0) is 105 Å². The summed E-state index contributed by atoms with van der Waals surface area (Å²) in [5, 5.41) is 4.48. The summed E-state index contributed by atoms with van der Waals surface area (Å²) in [4.78, 5) is 5.12. The van der Waals surface area contributed by atoms with Crippen LogP contribution in [-0.2, 0) is 0 Å². The molecule has 0 N–H and O–H groups in total. The van der Waals surface area contributed by atoms with Crippen LogP contribution in [0.3, 0.4) is 0 Å². The quantitative estimate of drug-likeness (QED) is 0.165. The molecule has 54 heavy (non-hydrogen) atoms. The second-order valence-electron chi connectivity index (χ2n) is 15.1. The van der Waals surface area contributed by atoms with Crippen molar-refractivity contribution in [2.45, 2.75) is 13.5 Å². The largest absolute Gasteiger partial charge is 0.311 e. The Kier molecular flexibility index (Phi) is 6.83. The Bertz CT molecular complexity index is 2570. The van der Waals surface area contributed by atoms with Crippen molar-refractivity contribution >= 4 is 80.9 Å². The Hall–Kier alpha value is -6.36. The highest BCUT2D eigenvalue weighted by molar-refractivity contribution is 7.21. The zero-order valence-corrected chi connectivity index (χ0v) is 31.4. The van der Waals surface area contributed by atoms with Gasteiger partial charge in [-0.25, -0.2) is 0 Å². The first-order valence-electron chi connectivity index (χ1n) is 19.0. The fraction of sp³-hybridized carbons (Fsp3) is 0.0400. The van der Waals surface area contributed by atoms with E-state index in [1.165, 1.54) is 93.9 Å². The summed E-state index contributed by atoms with van der Waals surface area (Å²) in [6.07, 6.45) is 0. The van der Waals surface area contributed by atoms with Crippen LogP contribution in [0.15, 0.2) is 188 Å². The van der Waals surface area contributed by atoms with Gasteiger partial charge in [-0.2, -0.15) is 0 Å². The molecule has 8 aromatic rings. The molecule has 0 unspecified atom stereocenters. The van der Waals surface area contributed by atoms with Gasteiger partial charge in [0.2, 0.25) is 0 Å². The molecule has 0 aromatic heterocycles. The lowest BCUT2D eigenvalue weighted by Gasteiger charge is -2.50. The fourth-order valence-corrected chi connectivity index (χ4v) is 14.0. The molecule has 0 spiro atoms. The molecule has 0 fully saturated rings. The summed E-state index contributed by atoms with van der Waals surface area (Å²) in [6, 6.07) is 70.3. The maximum atomic E-state index is 2.59. The standard InChI is InChI=1S/C50H37BN2Si/c1-34-32-44-48-45(33-34)53(40-30-26-38(27-31-40)36-16-8-4-9-17-36)43-21-13-23-47-50(43)51(48)49-42(20-12-22-46(49)54(47,2)41-18-10-5-11-19-41)52(44)39-28-24-37(25-29-39)35-14-6-3-7-15-35/h3-33H,1-2H3. The number of nitrogens with zero attached hydrogens (tertiary/aromatic N) is 2. The van der Waals surface area contributed by atoms with E-state index in [4.69, 9.17) is 0 Å². The van der Waals surface area contributed by atoms with Gasteiger partial charge < -0.3 is 9.80 Å². The van der Waals surface area contributed by atoms with Crippen molar-refractivity contribution in [2.75, 3.05) is 9.80 Å². The Morgan fingerprint density at radius 2 is 0.796 bits per heavy atom. The third kappa shape index (κ3) is 4.41. The van der Waals surface area contributed by atoms with Crippen molar-refractivity contribution in [1.29, 1.82) is 0 Å². The Morgan fingerprint density at radius 3 is 1.24 bits per heavy atom. The molecule has 8 aromatic carbocycles. The monoisotopic (exact) mass is 704 g/mol. The molecule has 0 saturated carbocycles. The minimum Gasteiger partial charge on any atom is -0.311 e. The zero-order chi connectivity index (χ0) is 36.0. The Morgan fingerprint density at radius 1 is 0.389 bits per heavy atom. The normalized spacial score (nSPS) is 14.1. The van der Waals surface area contributed by atoms with Gasteiger partial charge in [0.15, 0.2) is 0 Å². The molecule has 11 rings (SSSR count). The number of rotatable bonds is 5. The number of hydrogen-bond donors (Lipinski definition) is 0. The molecule has 254 valence electrons. The highest BCUT2D eigenvalue weighted by Gasteiger charge is 2.53. The molecule has 0 saturated heterocycles. The molecule has 0 amide bonds. The van der Waals surface area contributed by atoms with Crippen LogP contribution in [0.25, 0.3) is 22.3 Å². The molecule has 3 aliphatic heterocycles. The van der Waals surface area contributed by atoms with Crippen LogP contribution < -0.4 is 41.7 Å². The van der Waals surface area contributed by atoms with Crippen LogP contribution >= 0.6 is 0 Å². The van der Waals surface area contributed by atoms with E-state index in [1.54, 1.807) is 0 Å². The van der Waals surface area contributed by atoms with Gasteiger partial charge in [0, 0.05) is 34.1 Å². The molecule has 0 atom stereocenters. The van der Waals surface area contributed by atoms with Crippen LogP contribution in [0.1, 0.15) is 5.56 Å². The predicted molar refractivity (Wildman–Crippen MR) is 233 cm³/mol. The molecule has 3 heterocycles. The number of benzene rings is 8. The Labute approximate surface area is 318 Å². The van der Waals surface area contributed by atoms with E-state index in [-0.39, 0.29) is 6.71 Å². The lowest BCUT2D eigenvalue weighted by Crippen LogP contribution is -2.83. The lowest BCUT2D eigenvalue weighted by atomic mass is 9.33. The van der Waals surface area contributed by atoms with Crippen molar-refractivity contribution in [3.63, 3.8) is 0 Å². The van der Waals surface area contributed by atoms with Crippen LogP contribution in [0.2, 0.25) is 6.55 Å². The maximum Gasteiger partial charge on any atom is 0.251 e. The maximum absolute atomic E-state index is 2.59. The third-order valence-electron chi connectivity index (χ3n) is 12.2. The summed E-state index contributed by atoms with van der Waals surface area (Å²) in [5.41, 5.74) is 18.0. The van der Waals surface area contributed by atoms with Crippen LogP contribution in [0.5, 0.6) is 0 Å². The van der Waals surface area contributed by atoms with Gasteiger partial charge in [0.05, 0.1) is 0 Å². The minimum absolute atomic E-state index is 0.136. The second-order valence-corrected chi connectivity index (χ2v) is 19.0. The smallest absolute Gasteiger partial charge is 0.251 e. The van der Waals surface area contributed by atoms with Crippen molar-refractivity contribution in [2.24, 2.45) is 0 Å². The van der Waals surface area contributed by atoms with Gasteiger partial charge in [-0.3, -0.25) is 0 Å². The predicted octanol–water partition coefficient (Wildman–Crippen LogP) is 8.83. The van der Waals surface area contributed by atoms with Gasteiger partial charge in [0.1, 0.15) is 8.07 Å². The molecule has 2 nitrogen and oxygen atoms in total. The van der Waals surface area contributed by atoms with E-state index < -0.39 is 8.07 Å². The van der Waals surface area contributed by atoms with E-state index >= 15 is 0 Å². The first-order chi connectivity index (χ1) is 26.6. The van der Waals surface area contributed by atoms with E-state index in [0.717, 1.165) is 0 Å². The number of aryl methyl sites for hydroxylation is 1. The van der Waals surface area contributed by atoms with E-state index in [1.807, 2.05) is 0 Å². The topological polar surface area (TPSA) is 6.48 Å². The summed E-state index contributed by atoms with van der Waals surface area (Å²) in [7, 11) is -2.46. The summed E-state index contributed by atoms with van der Waals surface area (Å²) < 4.78 is 0. The minimum atomic E-state index is -2.46. The van der Waals surface area contributed by atoms with Crippen molar-refractivity contribution in [3.8, 4) is 22.3 Å². The average Bonchev–Trinajstić information content (AvgIpc) is 3.23. The van der Waals surface area contributed by atoms with Crippen molar-refractivity contribution in [3.05, 3.63) is 194 Å². The van der Waals surface area contributed by atoms with Crippen LogP contribution in [0.4, 0.5) is 34.1 Å². The molecule has 4 heteroatoms. The first kappa shape index (κ1) is 31.2. The highest BCUT2D eigenvalue weighted by atomic mass is 28.3. The first-order valence-corrected chi connectivity index (χ1v) is 21.5. The van der Waals surface area contributed by atoms with Crippen molar-refractivity contribution < 1.29 is 0 Å². The van der Waals surface area contributed by atoms with Gasteiger partial charge in [0.25, 0.3) is 6.71 Å². The Balaban J connectivity index is 1.20. The van der Waals surface area contributed by atoms with E-state index in [2.05, 4.69) is 211 Å². The zero-order valence-electron chi connectivity index (χ0n) is 30.4. The van der Waals surface area contributed by atoms with E-state index in [0.29, 0.717) is 0 Å². The van der Waals surface area contributed by atoms with Crippen LogP contribution in [-0.4, -0.2) is 14.8 Å². The second kappa shape index (κ2) is 11.8. The van der Waals surface area contributed by atoms with Gasteiger partial charge in [-0.15, -0.1) is 0 Å².